The van der Waals surface area contributed by atoms with E-state index in [9.17, 15) is 24.3 Å². The second kappa shape index (κ2) is 11.2. The fourth-order valence-electron chi connectivity index (χ4n) is 4.16. The van der Waals surface area contributed by atoms with E-state index in [0.29, 0.717) is 30.0 Å². The van der Waals surface area contributed by atoms with Gasteiger partial charge in [-0.1, -0.05) is 5.16 Å². The summed E-state index contributed by atoms with van der Waals surface area (Å²) in [6.07, 6.45) is 0.648. The van der Waals surface area contributed by atoms with Crippen LogP contribution < -0.4 is 16.4 Å². The molecule has 3 aliphatic rings. The summed E-state index contributed by atoms with van der Waals surface area (Å²) in [7, 11) is 4.67. The number of anilines is 1. The van der Waals surface area contributed by atoms with Gasteiger partial charge < -0.3 is 31.2 Å². The number of nitrogens with two attached hydrogens (primary N) is 1. The summed E-state index contributed by atoms with van der Waals surface area (Å²) in [5.41, 5.74) is 5.91. The van der Waals surface area contributed by atoms with Crippen LogP contribution >= 0.6 is 35.1 Å². The number of amides is 3. The molecule has 14 nitrogen and oxygen atoms in total. The summed E-state index contributed by atoms with van der Waals surface area (Å²) in [5.74, 6) is -1.70. The molecule has 0 aromatic carbocycles. The topological polar surface area (TPSA) is 192 Å². The monoisotopic (exact) mass is 570 g/mol. The fraction of sp³-hybridized carbons (Fsp3) is 0.550. The number of β-lactam (4-membered cyclic amide) rings is 1. The molecule has 0 unspecified atom stereocenters. The SMILES string of the molecule is CO/N=C(\C(=O)N[C@@H]1C(=O)N2C(C(=O)O)=C(CS[C@@H]3CN[C@H](C(=O)N(C)C)C3)CS[C@H]12)c1nsc(N)n1. The van der Waals surface area contributed by atoms with Crippen molar-refractivity contribution in [2.75, 3.05) is 45.0 Å². The van der Waals surface area contributed by atoms with Gasteiger partial charge in [0.15, 0.2) is 5.13 Å². The number of carbonyl (C=O) groups is 4. The summed E-state index contributed by atoms with van der Waals surface area (Å²) < 4.78 is 3.95. The normalized spacial score (nSPS) is 25.4. The first kappa shape index (κ1) is 27.2. The van der Waals surface area contributed by atoms with Gasteiger partial charge in [0.2, 0.25) is 17.4 Å². The Bertz CT molecular complexity index is 1170. The molecule has 0 saturated carbocycles. The van der Waals surface area contributed by atoms with Crippen LogP contribution in [0.5, 0.6) is 0 Å². The lowest BCUT2D eigenvalue weighted by molar-refractivity contribution is -0.150. The highest BCUT2D eigenvalue weighted by atomic mass is 32.2. The summed E-state index contributed by atoms with van der Waals surface area (Å²) in [5, 5.41) is 19.1. The van der Waals surface area contributed by atoms with Crippen LogP contribution in [0.2, 0.25) is 0 Å². The van der Waals surface area contributed by atoms with Crippen molar-refractivity contribution in [3.63, 3.8) is 0 Å². The maximum absolute atomic E-state index is 13.0. The standard InChI is InChI=1S/C20H26N8O6S3/c1-27(2)16(30)10-4-9(5-22-10)35-6-8-7-36-18-12(17(31)28(18)13(8)19(32)33)23-15(29)11(25-34-3)14-24-20(21)37-26-14/h9-10,12,18,22H,4-7H2,1-3H3,(H,23,29)(H,32,33)(H2,21,24,26)/b25-11-/t9-,10-,12+,18+/m0/s1. The largest absolute Gasteiger partial charge is 0.477 e. The lowest BCUT2D eigenvalue weighted by atomic mass is 10.0. The Morgan fingerprint density at radius 1 is 1.41 bits per heavy atom. The second-order valence-corrected chi connectivity index (χ2v) is 11.7. The number of nitrogens with one attached hydrogen (secondary N) is 2. The number of oxime groups is 1. The quantitative estimate of drug-likeness (QED) is 0.157. The van der Waals surface area contributed by atoms with Crippen LogP contribution in [0.25, 0.3) is 0 Å². The molecule has 3 amide bonds. The molecule has 0 aliphatic carbocycles. The van der Waals surface area contributed by atoms with Crippen LogP contribution in [0.1, 0.15) is 12.2 Å². The molecule has 1 aromatic heterocycles. The van der Waals surface area contributed by atoms with E-state index in [1.165, 1.54) is 23.8 Å². The Morgan fingerprint density at radius 2 is 2.16 bits per heavy atom. The van der Waals surface area contributed by atoms with Gasteiger partial charge in [-0.15, -0.1) is 11.8 Å². The van der Waals surface area contributed by atoms with Gasteiger partial charge in [0, 0.05) is 48.9 Å². The van der Waals surface area contributed by atoms with Crippen LogP contribution in [0, 0.1) is 0 Å². The van der Waals surface area contributed by atoms with Crippen molar-refractivity contribution in [3.05, 3.63) is 17.1 Å². The first-order chi connectivity index (χ1) is 17.6. The lowest BCUT2D eigenvalue weighted by Crippen LogP contribution is -2.71. The molecular formula is C20H26N8O6S3. The number of carbonyl (C=O) groups excluding carboxylic acids is 3. The number of hydrogen-bond acceptors (Lipinski definition) is 13. The predicted octanol–water partition coefficient (Wildman–Crippen LogP) is -1.24. The van der Waals surface area contributed by atoms with Crippen molar-refractivity contribution in [1.29, 1.82) is 0 Å². The van der Waals surface area contributed by atoms with Crippen LogP contribution in [-0.4, -0.2) is 116 Å². The Balaban J connectivity index is 1.41. The first-order valence-electron chi connectivity index (χ1n) is 11.1. The second-order valence-electron chi connectivity index (χ2n) is 8.56. The number of nitrogen functional groups attached to an aromatic ring is 1. The molecule has 200 valence electrons. The number of aliphatic carboxylic acids is 1. The minimum Gasteiger partial charge on any atom is -0.477 e. The fourth-order valence-corrected chi connectivity index (χ4v) is 7.29. The zero-order valence-electron chi connectivity index (χ0n) is 20.2. The zero-order chi connectivity index (χ0) is 26.9. The van der Waals surface area contributed by atoms with Crippen molar-refractivity contribution >= 4 is 69.6 Å². The molecule has 0 bridgehead atoms. The molecule has 2 saturated heterocycles. The molecule has 3 aliphatic heterocycles. The van der Waals surface area contributed by atoms with Crippen LogP contribution in [-0.2, 0) is 24.0 Å². The number of thioether (sulfide) groups is 2. The highest BCUT2D eigenvalue weighted by Crippen LogP contribution is 2.41. The number of likely N-dealkylation sites (N-methyl/N-ethyl adjacent to an activating group) is 1. The van der Waals surface area contributed by atoms with E-state index in [0.717, 1.165) is 11.5 Å². The van der Waals surface area contributed by atoms with E-state index in [1.807, 2.05) is 0 Å². The van der Waals surface area contributed by atoms with E-state index >= 15 is 0 Å². The molecule has 37 heavy (non-hydrogen) atoms. The Morgan fingerprint density at radius 3 is 2.78 bits per heavy atom. The van der Waals surface area contributed by atoms with Crippen LogP contribution in [0.15, 0.2) is 16.4 Å². The minimum absolute atomic E-state index is 0.0107. The van der Waals surface area contributed by atoms with E-state index in [-0.39, 0.29) is 39.6 Å². The van der Waals surface area contributed by atoms with Gasteiger partial charge >= 0.3 is 5.97 Å². The van der Waals surface area contributed by atoms with Gasteiger partial charge in [-0.3, -0.25) is 19.3 Å². The molecule has 0 radical (unpaired) electrons. The molecule has 17 heteroatoms. The van der Waals surface area contributed by atoms with E-state index in [2.05, 4.69) is 25.1 Å². The molecule has 1 aromatic rings. The van der Waals surface area contributed by atoms with E-state index < -0.39 is 29.2 Å². The number of rotatable bonds is 9. The van der Waals surface area contributed by atoms with Crippen molar-refractivity contribution in [3.8, 4) is 0 Å². The molecule has 4 heterocycles. The Labute approximate surface area is 224 Å². The molecule has 2 fully saturated rings. The van der Waals surface area contributed by atoms with Crippen LogP contribution in [0.4, 0.5) is 5.13 Å². The maximum Gasteiger partial charge on any atom is 0.352 e. The minimum atomic E-state index is -1.20. The maximum atomic E-state index is 13.0. The third-order valence-corrected chi connectivity index (χ3v) is 9.14. The van der Waals surface area contributed by atoms with Gasteiger partial charge in [-0.25, -0.2) is 4.79 Å². The number of hydrogen-bond donors (Lipinski definition) is 4. The average molecular weight is 571 g/mol. The van der Waals surface area contributed by atoms with E-state index in [4.69, 9.17) is 10.6 Å². The third kappa shape index (κ3) is 5.53. The molecule has 5 N–H and O–H groups in total. The summed E-state index contributed by atoms with van der Waals surface area (Å²) >= 11 is 3.82. The molecule has 4 rings (SSSR count). The Hall–Kier alpha value is -2.89. The lowest BCUT2D eigenvalue weighted by Gasteiger charge is -2.49. The van der Waals surface area contributed by atoms with Gasteiger partial charge in [-0.05, 0) is 12.0 Å². The van der Waals surface area contributed by atoms with Crippen molar-refractivity contribution in [2.24, 2.45) is 5.16 Å². The summed E-state index contributed by atoms with van der Waals surface area (Å²) in [6, 6.07) is -1.20. The van der Waals surface area contributed by atoms with Crippen LogP contribution in [0.3, 0.4) is 0 Å². The first-order valence-corrected chi connectivity index (χ1v) is 14.0. The zero-order valence-corrected chi connectivity index (χ0v) is 22.6. The molecular weight excluding hydrogens is 544 g/mol. The molecule has 0 spiro atoms. The number of fused-ring (bicyclic) bond motifs is 1. The van der Waals surface area contributed by atoms with Gasteiger partial charge in [0.25, 0.3) is 11.8 Å². The Kier molecular flexibility index (Phi) is 8.25. The van der Waals surface area contributed by atoms with Gasteiger partial charge in [0.1, 0.15) is 24.2 Å². The highest BCUT2D eigenvalue weighted by Gasteiger charge is 2.54. The van der Waals surface area contributed by atoms with Crippen molar-refractivity contribution in [1.82, 2.24) is 29.8 Å². The number of carboxylic acids is 1. The number of aromatic nitrogens is 2. The van der Waals surface area contributed by atoms with Crippen molar-refractivity contribution in [2.45, 2.75) is 29.1 Å². The van der Waals surface area contributed by atoms with Crippen molar-refractivity contribution < 1.29 is 29.1 Å². The third-order valence-electron chi connectivity index (χ3n) is 5.91. The highest BCUT2D eigenvalue weighted by molar-refractivity contribution is 8.01. The van der Waals surface area contributed by atoms with Gasteiger partial charge in [-0.2, -0.15) is 21.1 Å². The molecule has 4 atom stereocenters. The van der Waals surface area contributed by atoms with E-state index in [1.54, 1.807) is 30.8 Å². The number of carboxylic acid groups (broad SMARTS) is 1. The number of nitrogens with zero attached hydrogens (tertiary/aromatic N) is 5. The van der Waals surface area contributed by atoms with Gasteiger partial charge in [0.05, 0.1) is 6.04 Å². The average Bonchev–Trinajstić information content (AvgIpc) is 3.52. The smallest absolute Gasteiger partial charge is 0.352 e. The summed E-state index contributed by atoms with van der Waals surface area (Å²) in [4.78, 5) is 61.5. The predicted molar refractivity (Wildman–Crippen MR) is 139 cm³/mol. The summed E-state index contributed by atoms with van der Waals surface area (Å²) in [6.45, 7) is 0.641.